The van der Waals surface area contributed by atoms with Gasteiger partial charge in [-0.25, -0.2) is 4.79 Å². The largest absolute Gasteiger partial charge is 0.458 e. The fraction of sp³-hybridized carbons (Fsp3) is 0.0455. The van der Waals surface area contributed by atoms with Gasteiger partial charge in [0.15, 0.2) is 0 Å². The van der Waals surface area contributed by atoms with Crippen LogP contribution in [0.25, 0.3) is 0 Å². The van der Waals surface area contributed by atoms with E-state index in [1.54, 1.807) is 6.08 Å². The summed E-state index contributed by atoms with van der Waals surface area (Å²) in [6, 6.07) is 29.8. The fourth-order valence-electron chi connectivity index (χ4n) is 2.95. The second-order valence-corrected chi connectivity index (χ2v) is 8.80. The molecule has 0 heterocycles. The van der Waals surface area contributed by atoms with Crippen LogP contribution in [0.3, 0.4) is 0 Å². The van der Waals surface area contributed by atoms with E-state index in [0.29, 0.717) is 0 Å². The summed E-state index contributed by atoms with van der Waals surface area (Å²) in [5.41, 5.74) is -0.198. The van der Waals surface area contributed by atoms with Crippen molar-refractivity contribution in [1.82, 2.24) is 0 Å². The highest BCUT2D eigenvalue weighted by Crippen LogP contribution is 2.56. The summed E-state index contributed by atoms with van der Waals surface area (Å²) in [7, 11) is -2.58. The van der Waals surface area contributed by atoms with Gasteiger partial charge in [-0.3, -0.25) is 0 Å². The van der Waals surface area contributed by atoms with Crippen molar-refractivity contribution in [1.29, 1.82) is 0 Å². The van der Waals surface area contributed by atoms with E-state index in [2.05, 4.69) is 6.58 Å². The van der Waals surface area contributed by atoms with Crippen molar-refractivity contribution in [3.05, 3.63) is 104 Å². The molecule has 0 saturated heterocycles. The molecule has 0 aliphatic rings. The number of ether oxygens (including phenoxy) is 1. The number of carbonyl (C=O) groups is 1. The van der Waals surface area contributed by atoms with Crippen LogP contribution in [-0.4, -0.2) is 12.3 Å². The number of benzene rings is 3. The smallest absolute Gasteiger partial charge is 0.334 e. The van der Waals surface area contributed by atoms with Crippen molar-refractivity contribution < 1.29 is 9.53 Å². The summed E-state index contributed by atoms with van der Waals surface area (Å²) in [5.74, 6) is 0. The zero-order valence-electron chi connectivity index (χ0n) is 13.9. The minimum Gasteiger partial charge on any atom is -0.458 e. The lowest BCUT2D eigenvalue weighted by Gasteiger charge is -2.35. The molecule has 25 heavy (non-hydrogen) atoms. The van der Waals surface area contributed by atoms with Gasteiger partial charge in [0.1, 0.15) is 6.61 Å². The van der Waals surface area contributed by atoms with Gasteiger partial charge in [0, 0.05) is 0 Å². The Morgan fingerprint density at radius 1 is 0.760 bits per heavy atom. The molecule has 0 atom stereocenters. The Kier molecular flexibility index (Phi) is 5.42. The molecule has 0 aliphatic carbocycles. The summed E-state index contributed by atoms with van der Waals surface area (Å²) in [4.78, 5) is 13.4. The lowest BCUT2D eigenvalue weighted by atomic mass is 10.4. The Hall–Kier alpha value is -2.70. The van der Waals surface area contributed by atoms with Crippen LogP contribution in [0.2, 0.25) is 0 Å². The Balaban J connectivity index is 2.31. The standard InChI is InChI=1S/C22H20O2P/c1-2-18-24-22(23)25(19-12-6-3-7-13-19,20-14-8-4-9-15-20)21-16-10-5-11-17-21/h2-17H,1,18H2. The van der Waals surface area contributed by atoms with Crippen LogP contribution in [0.1, 0.15) is 0 Å². The first-order valence-corrected chi connectivity index (χ1v) is 9.93. The maximum absolute atomic E-state index is 13.4. The molecule has 0 N–H and O–H groups in total. The third-order valence-electron chi connectivity index (χ3n) is 4.03. The SMILES string of the molecule is C=CCOC(=O)[P](c1ccccc1)(c1ccccc1)c1ccccc1. The molecule has 125 valence electrons. The number of hydrogen-bond acceptors (Lipinski definition) is 2. The van der Waals surface area contributed by atoms with E-state index in [0.717, 1.165) is 15.9 Å². The van der Waals surface area contributed by atoms with Gasteiger partial charge in [-0.1, -0.05) is 104 Å². The molecule has 0 aromatic heterocycles. The van der Waals surface area contributed by atoms with Gasteiger partial charge in [0.25, 0.3) is 0 Å². The highest BCUT2D eigenvalue weighted by molar-refractivity contribution is 8.07. The van der Waals surface area contributed by atoms with Crippen LogP contribution in [0.4, 0.5) is 4.79 Å². The lowest BCUT2D eigenvalue weighted by Crippen LogP contribution is -2.36. The van der Waals surface area contributed by atoms with Crippen molar-refractivity contribution >= 4 is 28.9 Å². The molecule has 2 nitrogen and oxygen atoms in total. The number of carbonyl (C=O) groups excluding carboxylic acids is 1. The van der Waals surface area contributed by atoms with Gasteiger partial charge in [-0.15, -0.1) is 0 Å². The van der Waals surface area contributed by atoms with Crippen LogP contribution < -0.4 is 15.9 Å². The van der Waals surface area contributed by atoms with Crippen LogP contribution in [0.15, 0.2) is 104 Å². The average molecular weight is 347 g/mol. The summed E-state index contributed by atoms with van der Waals surface area (Å²) in [6.45, 7) is 3.87. The van der Waals surface area contributed by atoms with E-state index >= 15 is 0 Å². The third-order valence-corrected chi connectivity index (χ3v) is 7.92. The minimum atomic E-state index is -2.58. The van der Waals surface area contributed by atoms with Crippen LogP contribution in [-0.2, 0) is 4.74 Å². The Morgan fingerprint density at radius 3 is 1.44 bits per heavy atom. The first kappa shape index (κ1) is 17.1. The average Bonchev–Trinajstić information content (AvgIpc) is 2.69. The van der Waals surface area contributed by atoms with E-state index in [1.807, 2.05) is 91.0 Å². The maximum Gasteiger partial charge on any atom is 0.334 e. The molecule has 0 saturated carbocycles. The second kappa shape index (κ2) is 7.92. The third kappa shape index (κ3) is 3.26. The molecular formula is C22H20O2P. The van der Waals surface area contributed by atoms with Gasteiger partial charge < -0.3 is 4.74 Å². The highest BCUT2D eigenvalue weighted by atomic mass is 31.2. The van der Waals surface area contributed by atoms with E-state index in [9.17, 15) is 4.79 Å². The molecule has 1 radical (unpaired) electrons. The molecule has 3 aromatic rings. The molecular weight excluding hydrogens is 327 g/mol. The summed E-state index contributed by atoms with van der Waals surface area (Å²) < 4.78 is 5.61. The molecule has 3 aromatic carbocycles. The van der Waals surface area contributed by atoms with Crippen molar-refractivity contribution in [3.63, 3.8) is 0 Å². The van der Waals surface area contributed by atoms with Gasteiger partial charge >= 0.3 is 5.71 Å². The molecule has 0 fully saturated rings. The van der Waals surface area contributed by atoms with Gasteiger partial charge in [0.2, 0.25) is 0 Å². The summed E-state index contributed by atoms with van der Waals surface area (Å²) in [5, 5.41) is 2.96. The number of rotatable bonds is 6. The van der Waals surface area contributed by atoms with Crippen LogP contribution in [0, 0.1) is 0 Å². The minimum absolute atomic E-state index is 0.198. The van der Waals surface area contributed by atoms with Crippen LogP contribution >= 0.6 is 7.26 Å². The zero-order chi connectivity index (χ0) is 17.5. The predicted molar refractivity (Wildman–Crippen MR) is 107 cm³/mol. The molecule has 0 bridgehead atoms. The molecule has 0 unspecified atom stereocenters. The highest BCUT2D eigenvalue weighted by Gasteiger charge is 2.42. The first-order chi connectivity index (χ1) is 12.3. The quantitative estimate of drug-likeness (QED) is 0.491. The molecule has 0 spiro atoms. The van der Waals surface area contributed by atoms with E-state index in [4.69, 9.17) is 4.74 Å². The van der Waals surface area contributed by atoms with Crippen molar-refractivity contribution in [2.45, 2.75) is 0 Å². The van der Waals surface area contributed by atoms with Gasteiger partial charge in [-0.05, 0) is 15.9 Å². The predicted octanol–water partition coefficient (Wildman–Crippen LogP) is 4.30. The Bertz CT molecular complexity index is 733. The number of hydrogen-bond donors (Lipinski definition) is 0. The van der Waals surface area contributed by atoms with E-state index in [-0.39, 0.29) is 12.3 Å². The molecule has 3 heteroatoms. The normalized spacial score (nSPS) is 10.9. The Morgan fingerprint density at radius 2 is 1.12 bits per heavy atom. The van der Waals surface area contributed by atoms with E-state index < -0.39 is 7.26 Å². The molecule has 0 amide bonds. The van der Waals surface area contributed by atoms with Crippen molar-refractivity contribution in [2.75, 3.05) is 6.61 Å². The van der Waals surface area contributed by atoms with Gasteiger partial charge in [0.05, 0.1) is 7.26 Å². The van der Waals surface area contributed by atoms with Crippen molar-refractivity contribution in [2.24, 2.45) is 0 Å². The summed E-state index contributed by atoms with van der Waals surface area (Å²) >= 11 is 0. The second-order valence-electron chi connectivity index (χ2n) is 5.54. The van der Waals surface area contributed by atoms with Crippen LogP contribution in [0.5, 0.6) is 0 Å². The molecule has 0 aliphatic heterocycles. The Labute approximate surface area is 149 Å². The monoisotopic (exact) mass is 347 g/mol. The molecule has 3 rings (SSSR count). The zero-order valence-corrected chi connectivity index (χ0v) is 14.8. The van der Waals surface area contributed by atoms with Gasteiger partial charge in [-0.2, -0.15) is 0 Å². The van der Waals surface area contributed by atoms with E-state index in [1.165, 1.54) is 0 Å². The fourth-order valence-corrected chi connectivity index (χ4v) is 6.60. The maximum atomic E-state index is 13.4. The van der Waals surface area contributed by atoms with Crippen molar-refractivity contribution in [3.8, 4) is 0 Å². The first-order valence-electron chi connectivity index (χ1n) is 8.14. The lowest BCUT2D eigenvalue weighted by molar-refractivity contribution is 0.186. The topological polar surface area (TPSA) is 26.3 Å². The summed E-state index contributed by atoms with van der Waals surface area (Å²) in [6.07, 6.45) is 1.60.